The van der Waals surface area contributed by atoms with Gasteiger partial charge in [-0.15, -0.1) is 5.10 Å². The predicted octanol–water partition coefficient (Wildman–Crippen LogP) is 1.61. The Morgan fingerprint density at radius 3 is 3.06 bits per heavy atom. The minimum Gasteiger partial charge on any atom is -0.294 e. The Balaban J connectivity index is 2.26. The smallest absolute Gasteiger partial charge is 0.253 e. The molecule has 88 valence electrons. The van der Waals surface area contributed by atoms with Crippen LogP contribution in [-0.2, 0) is 6.42 Å². The van der Waals surface area contributed by atoms with Crippen molar-refractivity contribution >= 4 is 23.3 Å². The molecule has 2 aromatic heterocycles. The lowest BCUT2D eigenvalue weighted by molar-refractivity contribution is 0.0951. The lowest BCUT2D eigenvalue weighted by atomic mass is 9.88. The molecule has 0 amide bonds. The van der Waals surface area contributed by atoms with Crippen molar-refractivity contribution in [2.75, 3.05) is 6.26 Å². The second kappa shape index (κ2) is 3.80. The first-order chi connectivity index (χ1) is 8.19. The molecule has 0 saturated heterocycles. The number of hydrogen-bond acceptors (Lipinski definition) is 5. The Hall–Kier alpha value is -1.43. The van der Waals surface area contributed by atoms with Crippen LogP contribution in [0, 0.1) is 5.92 Å². The summed E-state index contributed by atoms with van der Waals surface area (Å²) in [6.07, 6.45) is 5.02. The number of carbonyl (C=O) groups is 1. The van der Waals surface area contributed by atoms with Gasteiger partial charge in [0.05, 0.1) is 11.3 Å². The van der Waals surface area contributed by atoms with Gasteiger partial charge >= 0.3 is 0 Å². The monoisotopic (exact) mass is 248 g/mol. The topological polar surface area (TPSA) is 60.1 Å². The zero-order valence-corrected chi connectivity index (χ0v) is 10.5. The molecule has 1 aliphatic rings. The van der Waals surface area contributed by atoms with E-state index in [0.717, 1.165) is 12.1 Å². The van der Waals surface area contributed by atoms with Gasteiger partial charge in [-0.2, -0.15) is 9.50 Å². The van der Waals surface area contributed by atoms with Crippen LogP contribution in [0.15, 0.2) is 11.4 Å². The molecule has 17 heavy (non-hydrogen) atoms. The minimum atomic E-state index is 0.161. The number of hydrogen-bond donors (Lipinski definition) is 0. The van der Waals surface area contributed by atoms with Gasteiger partial charge in [0.2, 0.25) is 5.16 Å². The molecule has 0 aromatic carbocycles. The fourth-order valence-electron chi connectivity index (χ4n) is 2.21. The van der Waals surface area contributed by atoms with Crippen molar-refractivity contribution in [1.29, 1.82) is 0 Å². The average Bonchev–Trinajstić information content (AvgIpc) is 2.72. The fraction of sp³-hybridized carbons (Fsp3) is 0.455. The third-order valence-corrected chi connectivity index (χ3v) is 3.54. The van der Waals surface area contributed by atoms with Crippen molar-refractivity contribution in [1.82, 2.24) is 19.6 Å². The molecule has 1 unspecified atom stereocenters. The van der Waals surface area contributed by atoms with Crippen LogP contribution in [0.3, 0.4) is 0 Å². The van der Waals surface area contributed by atoms with Gasteiger partial charge in [-0.3, -0.25) is 4.79 Å². The van der Waals surface area contributed by atoms with Crippen LogP contribution < -0.4 is 0 Å². The summed E-state index contributed by atoms with van der Waals surface area (Å²) in [5.41, 5.74) is 1.65. The first-order valence-electron chi connectivity index (χ1n) is 5.51. The standard InChI is InChI=1S/C11H12N4OS/c1-6-3-8-7(9(16)4-6)5-12-10-13-11(17-2)14-15(8)10/h5-6H,3-4H2,1-2H3. The van der Waals surface area contributed by atoms with E-state index in [0.29, 0.717) is 28.8 Å². The Morgan fingerprint density at radius 2 is 2.29 bits per heavy atom. The van der Waals surface area contributed by atoms with Crippen molar-refractivity contribution in [3.8, 4) is 0 Å². The number of rotatable bonds is 1. The second-order valence-electron chi connectivity index (χ2n) is 4.37. The molecule has 3 rings (SSSR count). The molecule has 0 aliphatic heterocycles. The minimum absolute atomic E-state index is 0.161. The molecular formula is C11H12N4OS. The van der Waals surface area contributed by atoms with Gasteiger partial charge in [0.15, 0.2) is 5.78 Å². The summed E-state index contributed by atoms with van der Waals surface area (Å²) in [7, 11) is 0. The van der Waals surface area contributed by atoms with E-state index in [1.54, 1.807) is 10.7 Å². The van der Waals surface area contributed by atoms with Crippen molar-refractivity contribution in [3.05, 3.63) is 17.5 Å². The van der Waals surface area contributed by atoms with Crippen molar-refractivity contribution < 1.29 is 4.79 Å². The number of fused-ring (bicyclic) bond motifs is 3. The molecule has 0 radical (unpaired) electrons. The van der Waals surface area contributed by atoms with Crippen LogP contribution in [0.2, 0.25) is 0 Å². The molecule has 0 spiro atoms. The summed E-state index contributed by atoms with van der Waals surface area (Å²) >= 11 is 1.48. The van der Waals surface area contributed by atoms with Crippen LogP contribution >= 0.6 is 11.8 Å². The molecule has 0 bridgehead atoms. The average molecular weight is 248 g/mol. The number of aromatic nitrogens is 4. The number of carbonyl (C=O) groups excluding carboxylic acids is 1. The number of thioether (sulfide) groups is 1. The van der Waals surface area contributed by atoms with Crippen molar-refractivity contribution in [2.45, 2.75) is 24.9 Å². The van der Waals surface area contributed by atoms with Crippen LogP contribution in [0.1, 0.15) is 29.4 Å². The van der Waals surface area contributed by atoms with Gasteiger partial charge in [0.25, 0.3) is 5.78 Å². The molecule has 2 heterocycles. The third-order valence-electron chi connectivity index (χ3n) is 3.00. The SMILES string of the molecule is CSc1nc2ncc3c(n2n1)CC(C)CC3=O. The highest BCUT2D eigenvalue weighted by molar-refractivity contribution is 7.98. The molecule has 0 saturated carbocycles. The summed E-state index contributed by atoms with van der Waals surface area (Å²) in [6.45, 7) is 2.08. The Kier molecular flexibility index (Phi) is 2.39. The maximum absolute atomic E-state index is 11.9. The van der Waals surface area contributed by atoms with Gasteiger partial charge in [-0.1, -0.05) is 18.7 Å². The largest absolute Gasteiger partial charge is 0.294 e. The molecule has 0 N–H and O–H groups in total. The number of nitrogens with zero attached hydrogens (tertiary/aromatic N) is 4. The van der Waals surface area contributed by atoms with Crippen LogP contribution in [0.25, 0.3) is 5.78 Å². The highest BCUT2D eigenvalue weighted by Gasteiger charge is 2.26. The van der Waals surface area contributed by atoms with Gasteiger partial charge in [0, 0.05) is 12.6 Å². The van der Waals surface area contributed by atoms with E-state index in [9.17, 15) is 4.79 Å². The molecule has 6 heteroatoms. The molecule has 5 nitrogen and oxygen atoms in total. The second-order valence-corrected chi connectivity index (χ2v) is 5.14. The maximum Gasteiger partial charge on any atom is 0.253 e. The summed E-state index contributed by atoms with van der Waals surface area (Å²) in [6, 6.07) is 0. The van der Waals surface area contributed by atoms with Gasteiger partial charge in [0.1, 0.15) is 0 Å². The first kappa shape index (κ1) is 10.7. The van der Waals surface area contributed by atoms with Crippen LogP contribution in [0.5, 0.6) is 0 Å². The third kappa shape index (κ3) is 1.63. The van der Waals surface area contributed by atoms with Crippen LogP contribution in [-0.4, -0.2) is 31.6 Å². The Labute approximate surface area is 103 Å². The summed E-state index contributed by atoms with van der Waals surface area (Å²) < 4.78 is 1.72. The van der Waals surface area contributed by atoms with E-state index >= 15 is 0 Å². The fourth-order valence-corrected chi connectivity index (χ4v) is 2.54. The zero-order valence-electron chi connectivity index (χ0n) is 9.67. The quantitative estimate of drug-likeness (QED) is 0.717. The van der Waals surface area contributed by atoms with E-state index in [2.05, 4.69) is 22.0 Å². The Bertz CT molecular complexity index is 607. The van der Waals surface area contributed by atoms with Crippen LogP contribution in [0.4, 0.5) is 0 Å². The van der Waals surface area contributed by atoms with Gasteiger partial charge < -0.3 is 0 Å². The molecule has 2 aromatic rings. The summed E-state index contributed by atoms with van der Waals surface area (Å²) in [5.74, 6) is 1.10. The van der Waals surface area contributed by atoms with Gasteiger partial charge in [-0.05, 0) is 18.6 Å². The summed E-state index contributed by atoms with van der Waals surface area (Å²) in [5, 5.41) is 5.06. The lowest BCUT2D eigenvalue weighted by Gasteiger charge is -2.19. The highest BCUT2D eigenvalue weighted by atomic mass is 32.2. The molecule has 1 atom stereocenters. The highest BCUT2D eigenvalue weighted by Crippen LogP contribution is 2.25. The first-order valence-corrected chi connectivity index (χ1v) is 6.73. The van der Waals surface area contributed by atoms with E-state index in [1.807, 2.05) is 6.26 Å². The molecular weight excluding hydrogens is 236 g/mol. The maximum atomic E-state index is 11.9. The van der Waals surface area contributed by atoms with Gasteiger partial charge in [-0.25, -0.2) is 4.98 Å². The summed E-state index contributed by atoms with van der Waals surface area (Å²) in [4.78, 5) is 20.4. The lowest BCUT2D eigenvalue weighted by Crippen LogP contribution is -2.21. The normalized spacial score (nSPS) is 19.6. The van der Waals surface area contributed by atoms with Crippen molar-refractivity contribution in [2.24, 2.45) is 5.92 Å². The zero-order chi connectivity index (χ0) is 12.0. The number of ketones is 1. The molecule has 0 fully saturated rings. The molecule has 1 aliphatic carbocycles. The van der Waals surface area contributed by atoms with E-state index in [4.69, 9.17) is 0 Å². The van der Waals surface area contributed by atoms with E-state index < -0.39 is 0 Å². The van der Waals surface area contributed by atoms with E-state index in [-0.39, 0.29) is 5.78 Å². The Morgan fingerprint density at radius 1 is 1.47 bits per heavy atom. The van der Waals surface area contributed by atoms with E-state index in [1.165, 1.54) is 11.8 Å². The predicted molar refractivity (Wildman–Crippen MR) is 64.4 cm³/mol. The number of Topliss-reactive ketones (excluding diaryl/α,β-unsaturated/α-hetero) is 1. The van der Waals surface area contributed by atoms with Crippen molar-refractivity contribution in [3.63, 3.8) is 0 Å².